The fraction of sp³-hybridized carbons (Fsp3) is 0.833. The highest BCUT2D eigenvalue weighted by atomic mass is 32.2. The average Bonchev–Trinajstić information content (AvgIpc) is 2.79. The van der Waals surface area contributed by atoms with Crippen molar-refractivity contribution in [2.45, 2.75) is 50.9 Å². The summed E-state index contributed by atoms with van der Waals surface area (Å²) in [5.41, 5.74) is 0. The van der Waals surface area contributed by atoms with E-state index < -0.39 is 0 Å². The third kappa shape index (κ3) is 4.00. The Kier molecular flexibility index (Phi) is 5.32. The molecular weight excluding hydrogens is 232 g/mol. The van der Waals surface area contributed by atoms with Crippen LogP contribution in [-0.2, 0) is 13.1 Å². The van der Waals surface area contributed by atoms with Crippen LogP contribution in [0.25, 0.3) is 0 Å². The molecule has 1 saturated heterocycles. The minimum absolute atomic E-state index is 0.797. The van der Waals surface area contributed by atoms with Crippen LogP contribution in [0.3, 0.4) is 0 Å². The first-order chi connectivity index (χ1) is 8.40. The molecule has 0 spiro atoms. The van der Waals surface area contributed by atoms with Gasteiger partial charge >= 0.3 is 0 Å². The van der Waals surface area contributed by atoms with E-state index in [-0.39, 0.29) is 0 Å². The summed E-state index contributed by atoms with van der Waals surface area (Å²) in [5, 5.41) is 8.54. The van der Waals surface area contributed by atoms with Crippen molar-refractivity contribution < 1.29 is 0 Å². The van der Waals surface area contributed by atoms with Gasteiger partial charge in [-0.15, -0.1) is 0 Å². The van der Waals surface area contributed by atoms with Crippen molar-refractivity contribution in [3.05, 3.63) is 12.2 Å². The normalized spacial score (nSPS) is 20.6. The maximum atomic E-state index is 4.30. The van der Waals surface area contributed by atoms with Gasteiger partial charge in [-0.2, -0.15) is 16.9 Å². The van der Waals surface area contributed by atoms with Crippen molar-refractivity contribution in [1.82, 2.24) is 20.1 Å². The Morgan fingerprint density at radius 2 is 2.47 bits per heavy atom. The van der Waals surface area contributed by atoms with Crippen LogP contribution in [-0.4, -0.2) is 32.3 Å². The molecular formula is C12H22N4S. The Morgan fingerprint density at radius 1 is 1.53 bits per heavy atom. The average molecular weight is 254 g/mol. The van der Waals surface area contributed by atoms with Gasteiger partial charge in [-0.05, 0) is 25.0 Å². The number of rotatable bonds is 6. The zero-order chi connectivity index (χ0) is 11.9. The second-order valence-electron chi connectivity index (χ2n) is 4.52. The van der Waals surface area contributed by atoms with Crippen LogP contribution < -0.4 is 5.32 Å². The molecule has 1 aromatic heterocycles. The summed E-state index contributed by atoms with van der Waals surface area (Å²) in [6, 6.07) is 0. The highest BCUT2D eigenvalue weighted by molar-refractivity contribution is 7.99. The molecule has 4 nitrogen and oxygen atoms in total. The minimum Gasteiger partial charge on any atom is -0.309 e. The molecule has 1 aromatic rings. The van der Waals surface area contributed by atoms with Gasteiger partial charge in [0.2, 0.25) is 0 Å². The van der Waals surface area contributed by atoms with Gasteiger partial charge in [0.15, 0.2) is 0 Å². The third-order valence-electron chi connectivity index (χ3n) is 3.06. The summed E-state index contributed by atoms with van der Waals surface area (Å²) in [7, 11) is 0. The van der Waals surface area contributed by atoms with Gasteiger partial charge in [0.05, 0.1) is 6.54 Å². The zero-order valence-corrected chi connectivity index (χ0v) is 11.4. The van der Waals surface area contributed by atoms with E-state index in [1.54, 1.807) is 6.33 Å². The van der Waals surface area contributed by atoms with E-state index in [0.717, 1.165) is 37.1 Å². The summed E-state index contributed by atoms with van der Waals surface area (Å²) in [4.78, 5) is 4.30. The van der Waals surface area contributed by atoms with Crippen LogP contribution in [0.2, 0.25) is 0 Å². The molecule has 1 unspecified atom stereocenters. The Hall–Kier alpha value is -0.550. The first kappa shape index (κ1) is 12.9. The number of aromatic nitrogens is 3. The predicted octanol–water partition coefficient (Wildman–Crippen LogP) is 2.06. The Bertz CT molecular complexity index is 320. The molecule has 0 bridgehead atoms. The maximum Gasteiger partial charge on any atom is 0.140 e. The smallest absolute Gasteiger partial charge is 0.140 e. The topological polar surface area (TPSA) is 42.7 Å². The molecule has 0 amide bonds. The molecule has 17 heavy (non-hydrogen) atoms. The molecule has 5 heteroatoms. The number of nitrogens with zero attached hydrogens (tertiary/aromatic N) is 3. The van der Waals surface area contributed by atoms with E-state index >= 15 is 0 Å². The van der Waals surface area contributed by atoms with Crippen molar-refractivity contribution >= 4 is 11.8 Å². The Morgan fingerprint density at radius 3 is 3.24 bits per heavy atom. The van der Waals surface area contributed by atoms with Crippen LogP contribution >= 0.6 is 11.8 Å². The molecule has 2 rings (SSSR count). The lowest BCUT2D eigenvalue weighted by Gasteiger charge is -2.21. The maximum absolute atomic E-state index is 4.30. The first-order valence-corrected chi connectivity index (χ1v) is 7.64. The largest absolute Gasteiger partial charge is 0.309 e. The van der Waals surface area contributed by atoms with Crippen LogP contribution in [0.4, 0.5) is 0 Å². The van der Waals surface area contributed by atoms with Crippen molar-refractivity contribution in [1.29, 1.82) is 0 Å². The van der Waals surface area contributed by atoms with E-state index in [0.29, 0.717) is 0 Å². The minimum atomic E-state index is 0.797. The van der Waals surface area contributed by atoms with Crippen molar-refractivity contribution in [2.24, 2.45) is 0 Å². The Balaban J connectivity index is 1.71. The highest BCUT2D eigenvalue weighted by Gasteiger charge is 2.13. The second kappa shape index (κ2) is 7.01. The summed E-state index contributed by atoms with van der Waals surface area (Å²) in [6.45, 7) is 5.08. The van der Waals surface area contributed by atoms with Gasteiger partial charge in [-0.3, -0.25) is 0 Å². The van der Waals surface area contributed by atoms with Crippen molar-refractivity contribution in [2.75, 3.05) is 12.3 Å². The molecule has 0 aliphatic carbocycles. The van der Waals surface area contributed by atoms with E-state index in [4.69, 9.17) is 0 Å². The molecule has 96 valence electrons. The van der Waals surface area contributed by atoms with Crippen LogP contribution in [0, 0.1) is 0 Å². The zero-order valence-electron chi connectivity index (χ0n) is 10.6. The molecule has 2 heterocycles. The standard InChI is InChI=1S/C12H22N4S/c1-2-6-16-12(14-10-15-16)9-13-8-11-5-3-4-7-17-11/h10-11,13H,2-9H2,1H3. The summed E-state index contributed by atoms with van der Waals surface area (Å²) in [5.74, 6) is 2.39. The van der Waals surface area contributed by atoms with Gasteiger partial charge in [0.25, 0.3) is 0 Å². The third-order valence-corrected chi connectivity index (χ3v) is 4.46. The molecule has 0 saturated carbocycles. The summed E-state index contributed by atoms with van der Waals surface area (Å²) < 4.78 is 2.00. The monoisotopic (exact) mass is 254 g/mol. The molecule has 1 aliphatic rings. The predicted molar refractivity (Wildman–Crippen MR) is 72.1 cm³/mol. The molecule has 0 aromatic carbocycles. The lowest BCUT2D eigenvalue weighted by Crippen LogP contribution is -2.27. The van der Waals surface area contributed by atoms with Crippen molar-refractivity contribution in [3.8, 4) is 0 Å². The highest BCUT2D eigenvalue weighted by Crippen LogP contribution is 2.24. The van der Waals surface area contributed by atoms with Crippen LogP contribution in [0.15, 0.2) is 6.33 Å². The Labute approximate surface area is 108 Å². The molecule has 1 atom stereocenters. The molecule has 0 radical (unpaired) electrons. The van der Waals surface area contributed by atoms with Crippen LogP contribution in [0.1, 0.15) is 38.4 Å². The van der Waals surface area contributed by atoms with Gasteiger partial charge in [-0.1, -0.05) is 13.3 Å². The summed E-state index contributed by atoms with van der Waals surface area (Å²) in [6.07, 6.45) is 6.91. The number of hydrogen-bond donors (Lipinski definition) is 1. The van der Waals surface area contributed by atoms with Gasteiger partial charge < -0.3 is 5.32 Å². The molecule has 1 N–H and O–H groups in total. The lowest BCUT2D eigenvalue weighted by molar-refractivity contribution is 0.532. The van der Waals surface area contributed by atoms with Crippen LogP contribution in [0.5, 0.6) is 0 Å². The van der Waals surface area contributed by atoms with E-state index in [1.807, 2.05) is 4.68 Å². The SMILES string of the molecule is CCCn1ncnc1CNCC1CCCCS1. The number of hydrogen-bond acceptors (Lipinski definition) is 4. The van der Waals surface area contributed by atoms with Crippen molar-refractivity contribution in [3.63, 3.8) is 0 Å². The number of nitrogens with one attached hydrogen (secondary N) is 1. The first-order valence-electron chi connectivity index (χ1n) is 6.59. The lowest BCUT2D eigenvalue weighted by atomic mass is 10.2. The number of aryl methyl sites for hydroxylation is 1. The summed E-state index contributed by atoms with van der Waals surface area (Å²) >= 11 is 2.11. The number of thioether (sulfide) groups is 1. The van der Waals surface area contributed by atoms with E-state index in [2.05, 4.69) is 34.1 Å². The van der Waals surface area contributed by atoms with E-state index in [1.165, 1.54) is 25.0 Å². The fourth-order valence-corrected chi connectivity index (χ4v) is 3.41. The quantitative estimate of drug-likeness (QED) is 0.844. The van der Waals surface area contributed by atoms with Gasteiger partial charge in [-0.25, -0.2) is 9.67 Å². The van der Waals surface area contributed by atoms with E-state index in [9.17, 15) is 0 Å². The van der Waals surface area contributed by atoms with Gasteiger partial charge in [0.1, 0.15) is 12.2 Å². The fourth-order valence-electron chi connectivity index (χ4n) is 2.14. The molecule has 1 fully saturated rings. The van der Waals surface area contributed by atoms with Gasteiger partial charge in [0, 0.05) is 18.3 Å². The molecule has 1 aliphatic heterocycles. The second-order valence-corrected chi connectivity index (χ2v) is 5.93.